The molecule has 1 saturated heterocycles. The lowest BCUT2D eigenvalue weighted by molar-refractivity contribution is -0.187. The van der Waals surface area contributed by atoms with Gasteiger partial charge in [0.05, 0.1) is 0 Å². The van der Waals surface area contributed by atoms with Gasteiger partial charge in [-0.3, -0.25) is 14.4 Å². The van der Waals surface area contributed by atoms with Gasteiger partial charge in [-0.1, -0.05) is 30.3 Å². The van der Waals surface area contributed by atoms with Crippen LogP contribution in [0.2, 0.25) is 0 Å². The van der Waals surface area contributed by atoms with Gasteiger partial charge in [0.25, 0.3) is 5.91 Å². The molecule has 0 saturated carbocycles. The number of carbonyl (C=O) groups is 4. The van der Waals surface area contributed by atoms with Gasteiger partial charge in [-0.15, -0.1) is 0 Å². The summed E-state index contributed by atoms with van der Waals surface area (Å²) in [5, 5.41) is 0. The average Bonchev–Trinajstić information content (AvgIpc) is 3.43. The monoisotopic (exact) mass is 601 g/mol. The molecule has 0 bridgehead atoms. The molecule has 1 aliphatic carbocycles. The number of carbonyl (C=O) groups excluding carboxylic acids is 4. The summed E-state index contributed by atoms with van der Waals surface area (Å²) in [5.41, 5.74) is 5.08. The number of hydrogen-bond donors (Lipinski definition) is 1. The zero-order valence-electron chi connectivity index (χ0n) is 22.6. The number of alkyl halides is 3. The van der Waals surface area contributed by atoms with E-state index in [2.05, 4.69) is 0 Å². The Morgan fingerprint density at radius 1 is 1.05 bits per heavy atom. The SMILES string of the molecule is CC(N(Cc1ccc(F)cc1)C(=O)CN1C(=O)O[C@@]2(CCc3cc(-c4cc(C(N)=O)ccc4F)ccc32)C1=O)C(F)(F)F. The highest BCUT2D eigenvalue weighted by atomic mass is 19.4. The third-order valence-corrected chi connectivity index (χ3v) is 7.74. The largest absolute Gasteiger partial charge is 0.427 e. The van der Waals surface area contributed by atoms with Gasteiger partial charge >= 0.3 is 12.3 Å². The molecule has 8 nitrogen and oxygen atoms in total. The first-order valence-electron chi connectivity index (χ1n) is 13.1. The van der Waals surface area contributed by atoms with Crippen molar-refractivity contribution in [2.75, 3.05) is 6.54 Å². The Labute approximate surface area is 241 Å². The van der Waals surface area contributed by atoms with Crippen molar-refractivity contribution < 1.29 is 45.9 Å². The lowest BCUT2D eigenvalue weighted by Crippen LogP contribution is -2.51. The standard InChI is InChI=1S/C30H24F5N3O5/c1-16(30(33,34)35)37(14-17-2-6-21(31)7-3-17)25(39)15-38-27(41)29(43-28(38)42)11-10-19-12-18(4-8-23(19)29)22-13-20(26(36)40)5-9-24(22)32/h2-9,12-13,16H,10-11,14-15H2,1H3,(H2,36,40)/t16?,29-/m1/s1. The number of primary amides is 1. The minimum Gasteiger partial charge on any atom is -0.427 e. The molecule has 0 aromatic heterocycles. The van der Waals surface area contributed by atoms with Crippen LogP contribution in [0.5, 0.6) is 0 Å². The number of amides is 4. The molecule has 2 N–H and O–H groups in total. The first-order valence-corrected chi connectivity index (χ1v) is 13.1. The summed E-state index contributed by atoms with van der Waals surface area (Å²) in [6.07, 6.45) is -5.81. The molecule has 1 unspecified atom stereocenters. The van der Waals surface area contributed by atoms with Crippen LogP contribution in [0, 0.1) is 11.6 Å². The number of imide groups is 1. The molecule has 13 heteroatoms. The second-order valence-electron chi connectivity index (χ2n) is 10.4. The van der Waals surface area contributed by atoms with Crippen molar-refractivity contribution in [1.29, 1.82) is 0 Å². The van der Waals surface area contributed by atoms with Gasteiger partial charge in [0.2, 0.25) is 17.4 Å². The van der Waals surface area contributed by atoms with Gasteiger partial charge in [-0.05, 0) is 60.4 Å². The summed E-state index contributed by atoms with van der Waals surface area (Å²) in [4.78, 5) is 52.1. The van der Waals surface area contributed by atoms with E-state index >= 15 is 0 Å². The topological polar surface area (TPSA) is 110 Å². The van der Waals surface area contributed by atoms with Crippen LogP contribution >= 0.6 is 0 Å². The van der Waals surface area contributed by atoms with Crippen LogP contribution in [0.4, 0.5) is 26.7 Å². The molecule has 0 radical (unpaired) electrons. The number of halogens is 5. The Kier molecular flexibility index (Phi) is 7.45. The fourth-order valence-electron chi connectivity index (χ4n) is 5.35. The van der Waals surface area contributed by atoms with Crippen molar-refractivity contribution in [3.05, 3.63) is 94.6 Å². The Hall–Kier alpha value is -4.81. The first-order chi connectivity index (χ1) is 20.2. The normalized spacial score (nSPS) is 18.5. The maximum Gasteiger partial charge on any atom is 0.418 e. The van der Waals surface area contributed by atoms with Crippen molar-refractivity contribution in [2.24, 2.45) is 5.73 Å². The number of aryl methyl sites for hydroxylation is 1. The Bertz CT molecular complexity index is 1640. The minimum atomic E-state index is -4.83. The highest BCUT2D eigenvalue weighted by molar-refractivity contribution is 6.06. The van der Waals surface area contributed by atoms with Crippen LogP contribution in [-0.2, 0) is 32.9 Å². The van der Waals surface area contributed by atoms with Crippen LogP contribution in [0.25, 0.3) is 11.1 Å². The van der Waals surface area contributed by atoms with Gasteiger partial charge in [0, 0.05) is 29.7 Å². The van der Waals surface area contributed by atoms with E-state index in [0.717, 1.165) is 25.1 Å². The lowest BCUT2D eigenvalue weighted by atomic mass is 9.92. The van der Waals surface area contributed by atoms with Gasteiger partial charge in [-0.2, -0.15) is 13.2 Å². The number of fused-ring (bicyclic) bond motifs is 2. The lowest BCUT2D eigenvalue weighted by Gasteiger charge is -2.31. The van der Waals surface area contributed by atoms with Crippen molar-refractivity contribution in [3.8, 4) is 11.1 Å². The summed E-state index contributed by atoms with van der Waals surface area (Å²) < 4.78 is 74.4. The minimum absolute atomic E-state index is 0.0108. The van der Waals surface area contributed by atoms with E-state index in [1.807, 2.05) is 0 Å². The molecule has 1 spiro atoms. The molecule has 4 amide bonds. The number of hydrogen-bond acceptors (Lipinski definition) is 5. The first kappa shape index (κ1) is 29.7. The molecular weight excluding hydrogens is 577 g/mol. The van der Waals surface area contributed by atoms with Crippen molar-refractivity contribution in [3.63, 3.8) is 0 Å². The van der Waals surface area contributed by atoms with Gasteiger partial charge in [0.1, 0.15) is 24.2 Å². The van der Waals surface area contributed by atoms with Crippen LogP contribution in [-0.4, -0.2) is 52.4 Å². The second-order valence-corrected chi connectivity index (χ2v) is 10.4. The van der Waals surface area contributed by atoms with E-state index in [0.29, 0.717) is 26.5 Å². The third-order valence-electron chi connectivity index (χ3n) is 7.74. The zero-order chi connectivity index (χ0) is 31.3. The van der Waals surface area contributed by atoms with E-state index in [-0.39, 0.29) is 29.5 Å². The summed E-state index contributed by atoms with van der Waals surface area (Å²) in [7, 11) is 0. The van der Waals surface area contributed by atoms with E-state index < -0.39 is 66.4 Å². The highest BCUT2D eigenvalue weighted by Gasteiger charge is 2.58. The highest BCUT2D eigenvalue weighted by Crippen LogP contribution is 2.46. The van der Waals surface area contributed by atoms with Crippen molar-refractivity contribution >= 4 is 23.8 Å². The molecular formula is C30H24F5N3O5. The summed E-state index contributed by atoms with van der Waals surface area (Å²) in [5.74, 6) is -4.07. The molecule has 2 atom stereocenters. The number of rotatable bonds is 7. The second kappa shape index (κ2) is 10.8. The molecule has 224 valence electrons. The van der Waals surface area contributed by atoms with E-state index in [1.165, 1.54) is 36.4 Å². The molecule has 3 aromatic carbocycles. The average molecular weight is 602 g/mol. The summed E-state index contributed by atoms with van der Waals surface area (Å²) in [6, 6.07) is 10.4. The maximum atomic E-state index is 14.6. The number of nitrogens with zero attached hydrogens (tertiary/aromatic N) is 2. The molecule has 1 fully saturated rings. The van der Waals surface area contributed by atoms with Gasteiger partial charge in [-0.25, -0.2) is 18.5 Å². The fraction of sp³-hybridized carbons (Fsp3) is 0.267. The van der Waals surface area contributed by atoms with Crippen molar-refractivity contribution in [1.82, 2.24) is 9.80 Å². The molecule has 43 heavy (non-hydrogen) atoms. The fourth-order valence-corrected chi connectivity index (χ4v) is 5.35. The Balaban J connectivity index is 1.40. The molecule has 1 aliphatic heterocycles. The zero-order valence-corrected chi connectivity index (χ0v) is 22.6. The van der Waals surface area contributed by atoms with Gasteiger partial charge in [0.15, 0.2) is 0 Å². The van der Waals surface area contributed by atoms with E-state index in [9.17, 15) is 41.1 Å². The number of ether oxygens (including phenoxy) is 1. The van der Waals surface area contributed by atoms with Crippen LogP contribution in [0.1, 0.15) is 40.4 Å². The smallest absolute Gasteiger partial charge is 0.418 e. The van der Waals surface area contributed by atoms with E-state index in [4.69, 9.17) is 10.5 Å². The predicted molar refractivity (Wildman–Crippen MR) is 141 cm³/mol. The van der Waals surface area contributed by atoms with E-state index in [1.54, 1.807) is 6.07 Å². The molecule has 3 aromatic rings. The third kappa shape index (κ3) is 5.42. The Morgan fingerprint density at radius 2 is 1.74 bits per heavy atom. The van der Waals surface area contributed by atoms with Gasteiger partial charge < -0.3 is 15.4 Å². The van der Waals surface area contributed by atoms with Crippen LogP contribution in [0.3, 0.4) is 0 Å². The Morgan fingerprint density at radius 3 is 2.40 bits per heavy atom. The van der Waals surface area contributed by atoms with Crippen LogP contribution in [0.15, 0.2) is 60.7 Å². The van der Waals surface area contributed by atoms with Crippen LogP contribution < -0.4 is 5.73 Å². The molecule has 2 aliphatic rings. The number of nitrogens with two attached hydrogens (primary N) is 1. The predicted octanol–water partition coefficient (Wildman–Crippen LogP) is 4.83. The number of benzene rings is 3. The summed E-state index contributed by atoms with van der Waals surface area (Å²) >= 11 is 0. The quantitative estimate of drug-likeness (QED) is 0.390. The van der Waals surface area contributed by atoms with Crippen molar-refractivity contribution in [2.45, 2.75) is 44.1 Å². The molecule has 1 heterocycles. The maximum absolute atomic E-state index is 14.6. The summed E-state index contributed by atoms with van der Waals surface area (Å²) in [6.45, 7) is -0.805. The molecule has 5 rings (SSSR count).